The lowest BCUT2D eigenvalue weighted by Crippen LogP contribution is -2.51. The Labute approximate surface area is 172 Å². The van der Waals surface area contributed by atoms with Gasteiger partial charge in [0.15, 0.2) is 0 Å². The number of aryl methyl sites for hydroxylation is 3. The number of hydrogen-bond donors (Lipinski definition) is 1. The average molecular weight is 414 g/mol. The zero-order chi connectivity index (χ0) is 20.4. The molecule has 1 aliphatic heterocycles. The second kappa shape index (κ2) is 8.16. The summed E-state index contributed by atoms with van der Waals surface area (Å²) < 4.78 is 27.5. The lowest BCUT2D eigenvalue weighted by Gasteiger charge is -2.34. The van der Waals surface area contributed by atoms with Gasteiger partial charge in [-0.1, -0.05) is 24.3 Å². The van der Waals surface area contributed by atoms with E-state index in [4.69, 9.17) is 0 Å². The van der Waals surface area contributed by atoms with Gasteiger partial charge in [0.1, 0.15) is 0 Å². The molecule has 2 aromatic carbocycles. The van der Waals surface area contributed by atoms with Crippen molar-refractivity contribution in [2.24, 2.45) is 0 Å². The van der Waals surface area contributed by atoms with Gasteiger partial charge in [-0.2, -0.15) is 4.31 Å². The molecule has 0 saturated carbocycles. The Balaban J connectivity index is 1.35. The number of para-hydroxylation sites is 1. The Kier molecular flexibility index (Phi) is 5.61. The summed E-state index contributed by atoms with van der Waals surface area (Å²) in [6.07, 6.45) is 3.08. The number of benzene rings is 2. The fourth-order valence-corrected chi connectivity index (χ4v) is 5.56. The quantitative estimate of drug-likeness (QED) is 0.817. The fourth-order valence-electron chi connectivity index (χ4n) is 4.09. The van der Waals surface area contributed by atoms with E-state index >= 15 is 0 Å². The second-order valence-corrected chi connectivity index (χ2v) is 9.68. The van der Waals surface area contributed by atoms with Crippen molar-refractivity contribution in [3.8, 4) is 0 Å². The standard InChI is InChI=1S/C22H27N3O3S/c1-17-5-2-3-8-21(17)23-16-22(26)24-11-13-25(14-12-24)29(27,28)20-10-9-18-6-4-7-19(18)15-20/h2-3,5,8-10,15,23H,4,6-7,11-14,16H2,1H3. The van der Waals surface area contributed by atoms with Gasteiger partial charge in [-0.05, 0) is 61.1 Å². The number of hydrogen-bond acceptors (Lipinski definition) is 4. The molecule has 29 heavy (non-hydrogen) atoms. The van der Waals surface area contributed by atoms with Crippen LogP contribution in [0.15, 0.2) is 47.4 Å². The minimum absolute atomic E-state index is 0.0113. The summed E-state index contributed by atoms with van der Waals surface area (Å²) in [5, 5.41) is 3.18. The highest BCUT2D eigenvalue weighted by Gasteiger charge is 2.30. The minimum Gasteiger partial charge on any atom is -0.376 e. The number of amides is 1. The van der Waals surface area contributed by atoms with Gasteiger partial charge in [-0.15, -0.1) is 0 Å². The molecule has 1 heterocycles. The number of nitrogens with one attached hydrogen (secondary N) is 1. The Morgan fingerprint density at radius 3 is 2.48 bits per heavy atom. The Bertz CT molecular complexity index is 1010. The molecule has 1 aliphatic carbocycles. The smallest absolute Gasteiger partial charge is 0.243 e. The summed E-state index contributed by atoms with van der Waals surface area (Å²) in [4.78, 5) is 14.6. The first kappa shape index (κ1) is 19.9. The number of anilines is 1. The summed E-state index contributed by atoms with van der Waals surface area (Å²) in [5.41, 5.74) is 4.45. The van der Waals surface area contributed by atoms with Crippen LogP contribution in [0.25, 0.3) is 0 Å². The molecule has 0 unspecified atom stereocenters. The van der Waals surface area contributed by atoms with Crippen molar-refractivity contribution in [2.45, 2.75) is 31.1 Å². The molecule has 1 amide bonds. The van der Waals surface area contributed by atoms with E-state index in [1.807, 2.05) is 43.3 Å². The number of sulfonamides is 1. The van der Waals surface area contributed by atoms with Crippen LogP contribution >= 0.6 is 0 Å². The predicted molar refractivity (Wildman–Crippen MR) is 113 cm³/mol. The van der Waals surface area contributed by atoms with Crippen LogP contribution in [0.4, 0.5) is 5.69 Å². The fraction of sp³-hybridized carbons (Fsp3) is 0.409. The third-order valence-corrected chi connectivity index (χ3v) is 7.77. The first-order valence-corrected chi connectivity index (χ1v) is 11.6. The summed E-state index contributed by atoms with van der Waals surface area (Å²) in [6.45, 7) is 3.69. The molecule has 2 aromatic rings. The van der Waals surface area contributed by atoms with E-state index in [2.05, 4.69) is 5.32 Å². The molecule has 6 nitrogen and oxygen atoms in total. The van der Waals surface area contributed by atoms with Crippen LogP contribution in [0.5, 0.6) is 0 Å². The van der Waals surface area contributed by atoms with E-state index in [9.17, 15) is 13.2 Å². The van der Waals surface area contributed by atoms with Crippen molar-refractivity contribution in [1.82, 2.24) is 9.21 Å². The highest BCUT2D eigenvalue weighted by Crippen LogP contribution is 2.26. The van der Waals surface area contributed by atoms with Crippen LogP contribution < -0.4 is 5.32 Å². The zero-order valence-corrected chi connectivity index (χ0v) is 17.5. The van der Waals surface area contributed by atoms with Crippen molar-refractivity contribution in [2.75, 3.05) is 38.0 Å². The maximum Gasteiger partial charge on any atom is 0.243 e. The number of nitrogens with zero attached hydrogens (tertiary/aromatic N) is 2. The average Bonchev–Trinajstić information content (AvgIpc) is 3.21. The highest BCUT2D eigenvalue weighted by atomic mass is 32.2. The summed E-state index contributed by atoms with van der Waals surface area (Å²) in [7, 11) is -3.51. The number of carbonyl (C=O) groups excluding carboxylic acids is 1. The summed E-state index contributed by atoms with van der Waals surface area (Å²) in [6, 6.07) is 13.3. The molecule has 1 saturated heterocycles. The topological polar surface area (TPSA) is 69.7 Å². The Hall–Kier alpha value is -2.38. The van der Waals surface area contributed by atoms with E-state index in [-0.39, 0.29) is 12.5 Å². The van der Waals surface area contributed by atoms with Crippen LogP contribution in [0, 0.1) is 6.92 Å². The molecular weight excluding hydrogens is 386 g/mol. The maximum atomic E-state index is 13.0. The summed E-state index contributed by atoms with van der Waals surface area (Å²) in [5.74, 6) is -0.0113. The van der Waals surface area contributed by atoms with E-state index in [0.29, 0.717) is 31.1 Å². The van der Waals surface area contributed by atoms with Gasteiger partial charge in [-0.3, -0.25) is 4.79 Å². The molecule has 0 atom stereocenters. The second-order valence-electron chi connectivity index (χ2n) is 7.74. The van der Waals surface area contributed by atoms with Crippen LogP contribution in [0.2, 0.25) is 0 Å². The van der Waals surface area contributed by atoms with E-state index in [1.165, 1.54) is 9.87 Å². The van der Waals surface area contributed by atoms with Gasteiger partial charge in [0, 0.05) is 31.9 Å². The Morgan fingerprint density at radius 2 is 1.72 bits per heavy atom. The molecule has 2 aliphatic rings. The van der Waals surface area contributed by atoms with Crippen molar-refractivity contribution in [3.63, 3.8) is 0 Å². The molecule has 0 bridgehead atoms. The SMILES string of the molecule is Cc1ccccc1NCC(=O)N1CCN(S(=O)(=O)c2ccc3c(c2)CCC3)CC1. The third kappa shape index (κ3) is 4.16. The van der Waals surface area contributed by atoms with Gasteiger partial charge in [0.05, 0.1) is 11.4 Å². The zero-order valence-electron chi connectivity index (χ0n) is 16.7. The largest absolute Gasteiger partial charge is 0.376 e. The third-order valence-electron chi connectivity index (χ3n) is 5.87. The maximum absolute atomic E-state index is 13.0. The van der Waals surface area contributed by atoms with Crippen LogP contribution in [-0.4, -0.2) is 56.3 Å². The first-order valence-electron chi connectivity index (χ1n) is 10.1. The molecule has 0 radical (unpaired) electrons. The normalized spacial score (nSPS) is 17.2. The lowest BCUT2D eigenvalue weighted by molar-refractivity contribution is -0.130. The number of piperazine rings is 1. The molecule has 154 valence electrons. The van der Waals surface area contributed by atoms with E-state index < -0.39 is 10.0 Å². The van der Waals surface area contributed by atoms with E-state index in [0.717, 1.165) is 36.1 Å². The molecule has 1 N–H and O–H groups in total. The minimum atomic E-state index is -3.51. The van der Waals surface area contributed by atoms with Crippen LogP contribution in [-0.2, 0) is 27.7 Å². The van der Waals surface area contributed by atoms with Crippen molar-refractivity contribution in [1.29, 1.82) is 0 Å². The predicted octanol–water partition coefficient (Wildman–Crippen LogP) is 2.43. The molecule has 7 heteroatoms. The van der Waals surface area contributed by atoms with Gasteiger partial charge in [-0.25, -0.2) is 8.42 Å². The number of fused-ring (bicyclic) bond motifs is 1. The van der Waals surface area contributed by atoms with Crippen molar-refractivity contribution < 1.29 is 13.2 Å². The number of rotatable bonds is 5. The molecule has 1 fully saturated rings. The molecular formula is C22H27N3O3S. The van der Waals surface area contributed by atoms with Gasteiger partial charge >= 0.3 is 0 Å². The first-order chi connectivity index (χ1) is 13.9. The Morgan fingerprint density at radius 1 is 1.00 bits per heavy atom. The van der Waals surface area contributed by atoms with E-state index in [1.54, 1.807) is 11.0 Å². The van der Waals surface area contributed by atoms with Gasteiger partial charge < -0.3 is 10.2 Å². The van der Waals surface area contributed by atoms with Gasteiger partial charge in [0.25, 0.3) is 0 Å². The van der Waals surface area contributed by atoms with Crippen molar-refractivity contribution in [3.05, 3.63) is 59.2 Å². The van der Waals surface area contributed by atoms with Crippen LogP contribution in [0.1, 0.15) is 23.1 Å². The van der Waals surface area contributed by atoms with Gasteiger partial charge in [0.2, 0.25) is 15.9 Å². The molecule has 0 spiro atoms. The van der Waals surface area contributed by atoms with Crippen molar-refractivity contribution >= 4 is 21.6 Å². The highest BCUT2D eigenvalue weighted by molar-refractivity contribution is 7.89. The monoisotopic (exact) mass is 413 g/mol. The molecule has 4 rings (SSSR count). The number of carbonyl (C=O) groups is 1. The van der Waals surface area contributed by atoms with Crippen LogP contribution in [0.3, 0.4) is 0 Å². The molecule has 0 aromatic heterocycles. The summed E-state index contributed by atoms with van der Waals surface area (Å²) >= 11 is 0. The lowest BCUT2D eigenvalue weighted by atomic mass is 10.1.